The van der Waals surface area contributed by atoms with E-state index in [4.69, 9.17) is 4.74 Å². The summed E-state index contributed by atoms with van der Waals surface area (Å²) in [5, 5.41) is 0. The molecule has 0 spiro atoms. The Kier molecular flexibility index (Phi) is 4.96. The third kappa shape index (κ3) is 3.49. The van der Waals surface area contributed by atoms with Gasteiger partial charge in [-0.15, -0.1) is 0 Å². The van der Waals surface area contributed by atoms with Crippen molar-refractivity contribution in [3.8, 4) is 0 Å². The first-order valence-corrected chi connectivity index (χ1v) is 9.83. The number of ether oxygens (including phenoxy) is 1. The number of nitrogens with zero attached hydrogens (tertiary/aromatic N) is 1. The zero-order valence-corrected chi connectivity index (χ0v) is 15.9. The molecular formula is C22H29N2O2+. The molecule has 4 heteroatoms. The summed E-state index contributed by atoms with van der Waals surface area (Å²) in [7, 11) is 0. The second kappa shape index (κ2) is 7.37. The molecular weight excluding hydrogens is 324 g/mol. The summed E-state index contributed by atoms with van der Waals surface area (Å²) in [6.45, 7) is 8.50. The van der Waals surface area contributed by atoms with Gasteiger partial charge in [-0.1, -0.05) is 24.3 Å². The molecule has 2 atom stereocenters. The van der Waals surface area contributed by atoms with Crippen LogP contribution in [0.1, 0.15) is 45.7 Å². The number of nitrogens with one attached hydrogen (secondary N) is 1. The molecule has 2 aromatic rings. The molecule has 0 saturated carbocycles. The molecule has 1 saturated heterocycles. The first-order valence-electron chi connectivity index (χ1n) is 9.83. The Hall–Kier alpha value is -1.91. The Bertz CT molecular complexity index is 802. The number of fused-ring (bicyclic) bond motifs is 1. The first-order chi connectivity index (χ1) is 12.6. The molecule has 0 radical (unpaired) electrons. The predicted octanol–water partition coefficient (Wildman–Crippen LogP) is 2.11. The van der Waals surface area contributed by atoms with Gasteiger partial charge in [0.25, 0.3) is 0 Å². The van der Waals surface area contributed by atoms with Crippen LogP contribution in [-0.4, -0.2) is 36.2 Å². The van der Waals surface area contributed by atoms with Crippen LogP contribution in [0.25, 0.3) is 0 Å². The van der Waals surface area contributed by atoms with E-state index in [0.717, 1.165) is 56.8 Å². The van der Waals surface area contributed by atoms with Crippen molar-refractivity contribution in [2.24, 2.45) is 0 Å². The second-order valence-electron chi connectivity index (χ2n) is 7.83. The van der Waals surface area contributed by atoms with E-state index in [-0.39, 0.29) is 5.78 Å². The van der Waals surface area contributed by atoms with E-state index < -0.39 is 0 Å². The van der Waals surface area contributed by atoms with Gasteiger partial charge in [0.2, 0.25) is 5.78 Å². The fourth-order valence-electron chi connectivity index (χ4n) is 4.47. The van der Waals surface area contributed by atoms with Gasteiger partial charge in [-0.05, 0) is 38.3 Å². The Labute approximate surface area is 155 Å². The quantitative estimate of drug-likeness (QED) is 0.836. The average Bonchev–Trinajstić information content (AvgIpc) is 3.25. The Morgan fingerprint density at radius 3 is 2.85 bits per heavy atom. The maximum absolute atomic E-state index is 13.0. The van der Waals surface area contributed by atoms with Crippen molar-refractivity contribution in [3.63, 3.8) is 0 Å². The number of benzene rings is 1. The molecule has 138 valence electrons. The van der Waals surface area contributed by atoms with Crippen LogP contribution in [0, 0.1) is 13.8 Å². The van der Waals surface area contributed by atoms with E-state index in [0.29, 0.717) is 12.6 Å². The number of hydrogen-bond donors (Lipinski definition) is 1. The van der Waals surface area contributed by atoms with Crippen molar-refractivity contribution in [1.29, 1.82) is 0 Å². The smallest absolute Gasteiger partial charge is 0.218 e. The average molecular weight is 353 g/mol. The number of hydrogen-bond acceptors (Lipinski definition) is 2. The lowest BCUT2D eigenvalue weighted by Gasteiger charge is -2.25. The molecule has 3 heterocycles. The van der Waals surface area contributed by atoms with E-state index in [9.17, 15) is 4.79 Å². The van der Waals surface area contributed by atoms with Gasteiger partial charge >= 0.3 is 0 Å². The van der Waals surface area contributed by atoms with Crippen LogP contribution in [-0.2, 0) is 24.2 Å². The fourth-order valence-corrected chi connectivity index (χ4v) is 4.47. The Morgan fingerprint density at radius 1 is 1.27 bits per heavy atom. The molecule has 4 rings (SSSR count). The molecule has 1 fully saturated rings. The summed E-state index contributed by atoms with van der Waals surface area (Å²) in [6.07, 6.45) is 3.64. The van der Waals surface area contributed by atoms with Gasteiger partial charge in [0.15, 0.2) is 0 Å². The van der Waals surface area contributed by atoms with E-state index in [1.54, 1.807) is 0 Å². The van der Waals surface area contributed by atoms with E-state index >= 15 is 0 Å². The van der Waals surface area contributed by atoms with Crippen molar-refractivity contribution in [3.05, 3.63) is 58.4 Å². The van der Waals surface area contributed by atoms with E-state index in [1.807, 2.05) is 0 Å². The summed E-state index contributed by atoms with van der Waals surface area (Å²) in [5.74, 6) is 0.270. The van der Waals surface area contributed by atoms with Gasteiger partial charge < -0.3 is 14.2 Å². The van der Waals surface area contributed by atoms with Crippen molar-refractivity contribution in [2.75, 3.05) is 19.7 Å². The lowest BCUT2D eigenvalue weighted by molar-refractivity contribution is -0.907. The normalized spacial score (nSPS) is 22.4. The molecule has 0 aliphatic carbocycles. The van der Waals surface area contributed by atoms with Crippen LogP contribution < -0.4 is 4.90 Å². The summed E-state index contributed by atoms with van der Waals surface area (Å²) in [6, 6.07) is 10.7. The molecule has 1 aromatic heterocycles. The van der Waals surface area contributed by atoms with Crippen molar-refractivity contribution >= 4 is 5.78 Å². The topological polar surface area (TPSA) is 35.7 Å². The molecule has 1 aromatic carbocycles. The fraction of sp³-hybridized carbons (Fsp3) is 0.500. The largest absolute Gasteiger partial charge is 0.376 e. The third-order valence-electron chi connectivity index (χ3n) is 6.00. The molecule has 0 amide bonds. The minimum atomic E-state index is 0.270. The third-order valence-corrected chi connectivity index (χ3v) is 6.00. The molecule has 1 unspecified atom stereocenters. The van der Waals surface area contributed by atoms with Crippen LogP contribution >= 0.6 is 0 Å². The molecule has 1 N–H and O–H groups in total. The summed E-state index contributed by atoms with van der Waals surface area (Å²) in [5.41, 5.74) is 6.00. The van der Waals surface area contributed by atoms with Gasteiger partial charge in [0, 0.05) is 42.1 Å². The molecule has 0 bridgehead atoms. The minimum Gasteiger partial charge on any atom is -0.376 e. The zero-order valence-electron chi connectivity index (χ0n) is 15.9. The highest BCUT2D eigenvalue weighted by molar-refractivity contribution is 5.98. The lowest BCUT2D eigenvalue weighted by atomic mass is 9.99. The molecule has 2 aliphatic heterocycles. The first kappa shape index (κ1) is 17.5. The number of aryl methyl sites for hydroxylation is 1. The summed E-state index contributed by atoms with van der Waals surface area (Å²) >= 11 is 0. The van der Waals surface area contributed by atoms with Gasteiger partial charge in [-0.25, -0.2) is 0 Å². The standard InChI is InChI=1S/C22H28N2O2/c1-16-12-21(17(2)24(16)14-20-8-5-11-26-20)22(25)15-23-10-9-18-6-3-4-7-19(18)13-23/h3-4,6-7,12,20H,5,8-11,13-15H2,1-2H3/p+1/t20-/m0/s1. The number of Topliss-reactive ketones (excluding diaryl/α,β-unsaturated/α-hetero) is 1. The maximum atomic E-state index is 13.0. The number of quaternary nitrogens is 1. The molecule has 2 aliphatic rings. The van der Waals surface area contributed by atoms with Gasteiger partial charge in [0.1, 0.15) is 13.1 Å². The number of aromatic nitrogens is 1. The van der Waals surface area contributed by atoms with Crippen molar-refractivity contribution < 1.29 is 14.4 Å². The van der Waals surface area contributed by atoms with E-state index in [2.05, 4.69) is 48.7 Å². The summed E-state index contributed by atoms with van der Waals surface area (Å²) < 4.78 is 8.05. The van der Waals surface area contributed by atoms with Crippen LogP contribution in [0.15, 0.2) is 30.3 Å². The zero-order chi connectivity index (χ0) is 18.1. The van der Waals surface area contributed by atoms with Crippen LogP contribution in [0.5, 0.6) is 0 Å². The molecule has 26 heavy (non-hydrogen) atoms. The highest BCUT2D eigenvalue weighted by atomic mass is 16.5. The van der Waals surface area contributed by atoms with Crippen LogP contribution in [0.3, 0.4) is 0 Å². The van der Waals surface area contributed by atoms with Crippen molar-refractivity contribution in [2.45, 2.75) is 52.3 Å². The van der Waals surface area contributed by atoms with Gasteiger partial charge in [0.05, 0.1) is 12.6 Å². The molecule has 4 nitrogen and oxygen atoms in total. The lowest BCUT2D eigenvalue weighted by Crippen LogP contribution is -3.12. The van der Waals surface area contributed by atoms with Crippen LogP contribution in [0.4, 0.5) is 0 Å². The Balaban J connectivity index is 1.45. The number of rotatable bonds is 5. The number of carbonyl (C=O) groups is 1. The number of ketones is 1. The maximum Gasteiger partial charge on any atom is 0.218 e. The number of carbonyl (C=O) groups excluding carboxylic acids is 1. The predicted molar refractivity (Wildman–Crippen MR) is 102 cm³/mol. The highest BCUT2D eigenvalue weighted by Crippen LogP contribution is 2.20. The monoisotopic (exact) mass is 353 g/mol. The van der Waals surface area contributed by atoms with Crippen molar-refractivity contribution in [1.82, 2.24) is 4.57 Å². The SMILES string of the molecule is Cc1cc(C(=O)C[NH+]2CCc3ccccc3C2)c(C)n1C[C@@H]1CCCO1. The van der Waals surface area contributed by atoms with Gasteiger partial charge in [-0.3, -0.25) is 4.79 Å². The van der Waals surface area contributed by atoms with E-state index in [1.165, 1.54) is 21.7 Å². The van der Waals surface area contributed by atoms with Crippen LogP contribution in [0.2, 0.25) is 0 Å². The Morgan fingerprint density at radius 2 is 2.08 bits per heavy atom. The second-order valence-corrected chi connectivity index (χ2v) is 7.83. The highest BCUT2D eigenvalue weighted by Gasteiger charge is 2.25. The summed E-state index contributed by atoms with van der Waals surface area (Å²) in [4.78, 5) is 14.4. The minimum absolute atomic E-state index is 0.270. The van der Waals surface area contributed by atoms with Gasteiger partial charge in [-0.2, -0.15) is 0 Å².